The van der Waals surface area contributed by atoms with Crippen molar-refractivity contribution in [1.82, 2.24) is 19.9 Å². The number of aromatic nitrogens is 3. The number of benzene rings is 2. The second kappa shape index (κ2) is 9.50. The number of hydrogen-bond donors (Lipinski definition) is 2. The van der Waals surface area contributed by atoms with Gasteiger partial charge in [0.15, 0.2) is 10.2 Å². The van der Waals surface area contributed by atoms with Crippen molar-refractivity contribution in [3.05, 3.63) is 102 Å². The lowest BCUT2D eigenvalue weighted by atomic mass is 10.0. The van der Waals surface area contributed by atoms with Crippen molar-refractivity contribution in [2.75, 3.05) is 15.9 Å². The molecule has 0 saturated carbocycles. The zero-order valence-corrected chi connectivity index (χ0v) is 23.0. The Hall–Kier alpha value is -3.80. The summed E-state index contributed by atoms with van der Waals surface area (Å²) in [5.41, 5.74) is 4.99. The van der Waals surface area contributed by atoms with E-state index in [-0.39, 0.29) is 12.1 Å². The monoisotopic (exact) mass is 560 g/mol. The summed E-state index contributed by atoms with van der Waals surface area (Å²) in [6, 6.07) is 23.2. The van der Waals surface area contributed by atoms with E-state index in [2.05, 4.69) is 36.6 Å². The molecule has 192 valence electrons. The van der Waals surface area contributed by atoms with Crippen molar-refractivity contribution >= 4 is 60.3 Å². The molecule has 6 rings (SSSR count). The van der Waals surface area contributed by atoms with Gasteiger partial charge in [-0.15, -0.1) is 0 Å². The predicted octanol–water partition coefficient (Wildman–Crippen LogP) is 5.34. The molecule has 2 N–H and O–H groups in total. The zero-order chi connectivity index (χ0) is 26.4. The molecule has 1 saturated heterocycles. The van der Waals surface area contributed by atoms with Gasteiger partial charge >= 0.3 is 0 Å². The fourth-order valence-corrected chi connectivity index (χ4v) is 6.76. The molecule has 11 heteroatoms. The first-order valence-corrected chi connectivity index (χ1v) is 15.0. The third kappa shape index (κ3) is 4.53. The molecule has 4 heterocycles. The highest BCUT2D eigenvalue weighted by Gasteiger charge is 2.42. The Morgan fingerprint density at radius 1 is 1.05 bits per heavy atom. The third-order valence-electron chi connectivity index (χ3n) is 6.45. The summed E-state index contributed by atoms with van der Waals surface area (Å²) < 4.78 is 29.5. The Morgan fingerprint density at radius 3 is 2.61 bits per heavy atom. The van der Waals surface area contributed by atoms with Gasteiger partial charge in [-0.3, -0.25) is 14.3 Å². The van der Waals surface area contributed by atoms with Crippen molar-refractivity contribution in [1.29, 1.82) is 0 Å². The van der Waals surface area contributed by atoms with E-state index in [1.807, 2.05) is 67.7 Å². The summed E-state index contributed by atoms with van der Waals surface area (Å²) in [6.07, 6.45) is 4.94. The van der Waals surface area contributed by atoms with Gasteiger partial charge in [-0.05, 0) is 79.3 Å². The fourth-order valence-electron chi connectivity index (χ4n) is 4.82. The number of thiocarbonyl (C=S) groups is 1. The van der Waals surface area contributed by atoms with Crippen molar-refractivity contribution in [2.24, 2.45) is 0 Å². The van der Waals surface area contributed by atoms with Gasteiger partial charge in [-0.2, -0.15) is 0 Å². The van der Waals surface area contributed by atoms with Crippen LogP contribution in [0.15, 0.2) is 85.2 Å². The molecule has 0 spiro atoms. The Kier molecular flexibility index (Phi) is 6.13. The van der Waals surface area contributed by atoms with Gasteiger partial charge in [0.05, 0.1) is 39.6 Å². The highest BCUT2D eigenvalue weighted by atomic mass is 32.2. The highest BCUT2D eigenvalue weighted by Crippen LogP contribution is 2.43. The first-order valence-electron chi connectivity index (χ1n) is 11.9. The number of anilines is 2. The van der Waals surface area contributed by atoms with Crippen LogP contribution in [0.5, 0.6) is 0 Å². The van der Waals surface area contributed by atoms with E-state index >= 15 is 0 Å². The molecule has 1 aliphatic heterocycles. The molecule has 0 bridgehead atoms. The highest BCUT2D eigenvalue weighted by molar-refractivity contribution is 7.92. The third-order valence-corrected chi connectivity index (χ3v) is 8.39. The number of hydrogen-bond acceptors (Lipinski definition) is 6. The predicted molar refractivity (Wildman–Crippen MR) is 157 cm³/mol. The SMILES string of the molecule is Cc1cc(N2C(=S)N[C@@H](c3ccccn3)[C@H]2c2cccn2-c2nc3ccccc3s2)ccc1NS(C)(=O)=O. The van der Waals surface area contributed by atoms with Gasteiger partial charge in [0.1, 0.15) is 6.04 Å². The number of para-hydroxylation sites is 1. The largest absolute Gasteiger partial charge is 0.351 e. The second-order valence-corrected chi connectivity index (χ2v) is 12.3. The molecule has 8 nitrogen and oxygen atoms in total. The maximum atomic E-state index is 11.8. The lowest BCUT2D eigenvalue weighted by Crippen LogP contribution is -2.30. The first-order chi connectivity index (χ1) is 18.3. The van der Waals surface area contributed by atoms with Crippen LogP contribution in [-0.2, 0) is 10.0 Å². The van der Waals surface area contributed by atoms with Gasteiger partial charge in [0.2, 0.25) is 10.0 Å². The van der Waals surface area contributed by atoms with E-state index in [4.69, 9.17) is 17.2 Å². The smallest absolute Gasteiger partial charge is 0.229 e. The van der Waals surface area contributed by atoms with Crippen LogP contribution >= 0.6 is 23.6 Å². The van der Waals surface area contributed by atoms with Crippen molar-refractivity contribution < 1.29 is 8.42 Å². The van der Waals surface area contributed by atoms with Crippen LogP contribution in [0, 0.1) is 6.92 Å². The molecule has 1 aliphatic rings. The number of sulfonamides is 1. The molecular formula is C27H24N6O2S3. The van der Waals surface area contributed by atoms with Gasteiger partial charge in [-0.1, -0.05) is 29.5 Å². The molecule has 0 unspecified atom stereocenters. The van der Waals surface area contributed by atoms with E-state index in [0.717, 1.165) is 44.2 Å². The molecule has 0 aliphatic carbocycles. The Balaban J connectivity index is 1.48. The van der Waals surface area contributed by atoms with Crippen LogP contribution < -0.4 is 14.9 Å². The van der Waals surface area contributed by atoms with Crippen LogP contribution in [0.25, 0.3) is 15.3 Å². The standard InChI is InChI=1S/C27H24N6O2S3/c1-17-16-18(12-13-19(17)31-38(2,34)35)33-25(24(30-26(33)36)21-9-5-6-14-28-21)22-10-7-15-32(22)27-29-20-8-3-4-11-23(20)37-27/h3-16,24-25,31H,1-2H3,(H,30,36)/t24-,25+/m0/s1. The molecule has 1 fully saturated rings. The number of nitrogens with one attached hydrogen (secondary N) is 2. The van der Waals surface area contributed by atoms with Crippen LogP contribution in [0.4, 0.5) is 11.4 Å². The van der Waals surface area contributed by atoms with E-state index in [0.29, 0.717) is 10.8 Å². The summed E-state index contributed by atoms with van der Waals surface area (Å²) in [5.74, 6) is 0. The maximum Gasteiger partial charge on any atom is 0.229 e. The zero-order valence-electron chi connectivity index (χ0n) is 20.6. The van der Waals surface area contributed by atoms with Gasteiger partial charge in [0.25, 0.3) is 0 Å². The topological polar surface area (TPSA) is 92.2 Å². The van der Waals surface area contributed by atoms with Crippen molar-refractivity contribution in [3.63, 3.8) is 0 Å². The van der Waals surface area contributed by atoms with Crippen LogP contribution in [0.3, 0.4) is 0 Å². The van der Waals surface area contributed by atoms with Crippen molar-refractivity contribution in [3.8, 4) is 5.13 Å². The minimum Gasteiger partial charge on any atom is -0.351 e. The lowest BCUT2D eigenvalue weighted by molar-refractivity contribution is 0.549. The number of fused-ring (bicyclic) bond motifs is 1. The maximum absolute atomic E-state index is 11.8. The molecule has 5 aromatic rings. The van der Waals surface area contributed by atoms with Crippen LogP contribution in [-0.4, -0.2) is 34.3 Å². The van der Waals surface area contributed by atoms with Crippen LogP contribution in [0.1, 0.15) is 29.0 Å². The first kappa shape index (κ1) is 24.5. The fraction of sp³-hybridized carbons (Fsp3) is 0.148. The lowest BCUT2D eigenvalue weighted by Gasteiger charge is -2.29. The van der Waals surface area contributed by atoms with Gasteiger partial charge < -0.3 is 10.2 Å². The summed E-state index contributed by atoms with van der Waals surface area (Å²) in [7, 11) is -3.40. The number of aryl methyl sites for hydroxylation is 1. The molecule has 3 aromatic heterocycles. The molecule has 0 radical (unpaired) electrons. The Morgan fingerprint density at radius 2 is 1.87 bits per heavy atom. The Bertz CT molecular complexity index is 1730. The number of rotatable bonds is 6. The van der Waals surface area contributed by atoms with E-state index in [9.17, 15) is 8.42 Å². The summed E-state index contributed by atoms with van der Waals surface area (Å²) in [6.45, 7) is 1.87. The summed E-state index contributed by atoms with van der Waals surface area (Å²) in [4.78, 5) is 11.6. The van der Waals surface area contributed by atoms with E-state index in [1.165, 1.54) is 0 Å². The normalized spacial score (nSPS) is 17.6. The number of nitrogens with zero attached hydrogens (tertiary/aromatic N) is 4. The molecule has 0 amide bonds. The average Bonchev–Trinajstić information content (AvgIpc) is 3.61. The number of pyridine rings is 1. The summed E-state index contributed by atoms with van der Waals surface area (Å²) >= 11 is 7.51. The van der Waals surface area contributed by atoms with Crippen molar-refractivity contribution in [2.45, 2.75) is 19.0 Å². The number of thiazole rings is 1. The van der Waals surface area contributed by atoms with Crippen LogP contribution in [0.2, 0.25) is 0 Å². The van der Waals surface area contributed by atoms with E-state index < -0.39 is 10.0 Å². The summed E-state index contributed by atoms with van der Waals surface area (Å²) in [5, 5.41) is 4.92. The van der Waals surface area contributed by atoms with Gasteiger partial charge in [-0.25, -0.2) is 13.4 Å². The van der Waals surface area contributed by atoms with Gasteiger partial charge in [0, 0.05) is 18.1 Å². The van der Waals surface area contributed by atoms with E-state index in [1.54, 1.807) is 23.6 Å². The minimum atomic E-state index is -3.40. The molecule has 38 heavy (non-hydrogen) atoms. The molecule has 2 aromatic carbocycles. The molecular weight excluding hydrogens is 537 g/mol. The quantitative estimate of drug-likeness (QED) is 0.271. The Labute approximate surface area is 230 Å². The minimum absolute atomic E-state index is 0.221. The average molecular weight is 561 g/mol. The molecule has 2 atom stereocenters. The second-order valence-electron chi connectivity index (χ2n) is 9.14.